The van der Waals surface area contributed by atoms with Gasteiger partial charge in [-0.25, -0.2) is 9.97 Å². The molecule has 0 aliphatic carbocycles. The molecule has 10 heteroatoms. The predicted octanol–water partition coefficient (Wildman–Crippen LogP) is 3.60. The number of pyridine rings is 1. The number of aryl methyl sites for hydroxylation is 1. The Balaban J connectivity index is 1.35. The van der Waals surface area contributed by atoms with E-state index in [1.54, 1.807) is 31.5 Å². The van der Waals surface area contributed by atoms with E-state index in [0.29, 0.717) is 46.1 Å². The smallest absolute Gasteiger partial charge is 0.234 e. The fourth-order valence-electron chi connectivity index (χ4n) is 3.90. The van der Waals surface area contributed by atoms with Crippen molar-refractivity contribution in [1.29, 1.82) is 5.26 Å². The Morgan fingerprint density at radius 1 is 1.35 bits per heavy atom. The number of likely N-dealkylation sites (tertiary alicyclic amines) is 1. The third-order valence-electron chi connectivity index (χ3n) is 5.95. The molecule has 0 atom stereocenters. The lowest BCUT2D eigenvalue weighted by atomic mass is 9.98. The Labute approximate surface area is 202 Å². The summed E-state index contributed by atoms with van der Waals surface area (Å²) >= 11 is 1.29. The van der Waals surface area contributed by atoms with E-state index < -0.39 is 0 Å². The summed E-state index contributed by atoms with van der Waals surface area (Å²) in [6.45, 7) is 4.61. The molecular weight excluding hydrogens is 452 g/mol. The Bertz CT molecular complexity index is 1210. The largest absolute Gasteiger partial charge is 0.493 e. The van der Waals surface area contributed by atoms with Crippen LogP contribution in [0.5, 0.6) is 11.5 Å². The highest BCUT2D eigenvalue weighted by molar-refractivity contribution is 7.99. The third-order valence-corrected chi connectivity index (χ3v) is 6.82. The minimum atomic E-state index is -0.163. The molecule has 3 heterocycles. The van der Waals surface area contributed by atoms with Crippen molar-refractivity contribution in [1.82, 2.24) is 19.9 Å². The average molecular weight is 481 g/mol. The summed E-state index contributed by atoms with van der Waals surface area (Å²) < 4.78 is 11.5. The van der Waals surface area contributed by atoms with Crippen molar-refractivity contribution in [3.05, 3.63) is 35.7 Å². The summed E-state index contributed by atoms with van der Waals surface area (Å²) in [4.78, 5) is 26.7. The zero-order valence-electron chi connectivity index (χ0n) is 19.6. The highest BCUT2D eigenvalue weighted by atomic mass is 32.2. The zero-order chi connectivity index (χ0) is 24.1. The highest BCUT2D eigenvalue weighted by Crippen LogP contribution is 2.31. The van der Waals surface area contributed by atoms with Crippen molar-refractivity contribution in [3.63, 3.8) is 0 Å². The fraction of sp³-hybridized carbons (Fsp3) is 0.417. The monoisotopic (exact) mass is 480 g/mol. The SMILES string of the molecule is COc1ccc(NC(=O)CSc2nc3c(C)c(C#N)ncc3[nH]2)cc1OCC1CCN(C)CC1. The van der Waals surface area contributed by atoms with Gasteiger partial charge in [0.15, 0.2) is 16.7 Å². The van der Waals surface area contributed by atoms with Gasteiger partial charge >= 0.3 is 0 Å². The van der Waals surface area contributed by atoms with Crippen LogP contribution in [0.1, 0.15) is 24.1 Å². The lowest BCUT2D eigenvalue weighted by Crippen LogP contribution is -2.32. The molecule has 178 valence electrons. The number of H-pyrrole nitrogens is 1. The number of aromatic amines is 1. The van der Waals surface area contributed by atoms with Crippen molar-refractivity contribution in [2.24, 2.45) is 5.92 Å². The number of aromatic nitrogens is 3. The molecular formula is C24H28N6O3S. The summed E-state index contributed by atoms with van der Waals surface area (Å²) in [5.41, 5.74) is 3.14. The van der Waals surface area contributed by atoms with Crippen LogP contribution in [0, 0.1) is 24.2 Å². The molecule has 1 saturated heterocycles. The van der Waals surface area contributed by atoms with Crippen LogP contribution >= 0.6 is 11.8 Å². The van der Waals surface area contributed by atoms with E-state index in [0.717, 1.165) is 37.0 Å². The molecule has 0 saturated carbocycles. The maximum Gasteiger partial charge on any atom is 0.234 e. The number of amides is 1. The molecule has 0 unspecified atom stereocenters. The molecule has 4 rings (SSSR count). The lowest BCUT2D eigenvalue weighted by Gasteiger charge is -2.28. The number of ether oxygens (including phenoxy) is 2. The quantitative estimate of drug-likeness (QED) is 0.470. The number of hydrogen-bond acceptors (Lipinski definition) is 8. The maximum atomic E-state index is 12.6. The summed E-state index contributed by atoms with van der Waals surface area (Å²) in [6, 6.07) is 7.46. The molecule has 9 nitrogen and oxygen atoms in total. The van der Waals surface area contributed by atoms with E-state index in [-0.39, 0.29) is 11.7 Å². The minimum Gasteiger partial charge on any atom is -0.493 e. The van der Waals surface area contributed by atoms with Crippen LogP contribution in [0.25, 0.3) is 11.0 Å². The van der Waals surface area contributed by atoms with E-state index in [2.05, 4.69) is 38.3 Å². The fourth-order valence-corrected chi connectivity index (χ4v) is 4.58. The number of methoxy groups -OCH3 is 1. The zero-order valence-corrected chi connectivity index (χ0v) is 20.4. The molecule has 1 fully saturated rings. The molecule has 0 radical (unpaired) electrons. The number of fused-ring (bicyclic) bond motifs is 1. The van der Waals surface area contributed by atoms with Crippen LogP contribution in [0.3, 0.4) is 0 Å². The number of imidazole rings is 1. The molecule has 1 aliphatic rings. The number of hydrogen-bond donors (Lipinski definition) is 2. The van der Waals surface area contributed by atoms with Crippen molar-refractivity contribution >= 4 is 34.4 Å². The Morgan fingerprint density at radius 2 is 2.15 bits per heavy atom. The first-order valence-corrected chi connectivity index (χ1v) is 12.1. The van der Waals surface area contributed by atoms with Crippen molar-refractivity contribution < 1.29 is 14.3 Å². The normalized spacial score (nSPS) is 14.6. The first-order chi connectivity index (χ1) is 16.5. The number of piperidine rings is 1. The standard InChI is InChI=1S/C24H28N6O3S/c1-15-18(11-25)26-12-19-23(15)29-24(28-19)34-14-22(31)27-17-4-5-20(32-3)21(10-17)33-13-16-6-8-30(2)9-7-16/h4-5,10,12,16H,6-9,13-14H2,1-3H3,(H,27,31)(H,28,29). The van der Waals surface area contributed by atoms with Crippen molar-refractivity contribution in [3.8, 4) is 17.6 Å². The Hall–Kier alpha value is -3.29. The molecule has 1 amide bonds. The topological polar surface area (TPSA) is 116 Å². The highest BCUT2D eigenvalue weighted by Gasteiger charge is 2.18. The van der Waals surface area contributed by atoms with Gasteiger partial charge in [0.25, 0.3) is 0 Å². The predicted molar refractivity (Wildman–Crippen MR) is 131 cm³/mol. The number of carbonyl (C=O) groups excluding carboxylic acids is 1. The maximum absolute atomic E-state index is 12.6. The number of nitriles is 1. The number of thioether (sulfide) groups is 1. The van der Waals surface area contributed by atoms with E-state index in [4.69, 9.17) is 14.7 Å². The van der Waals surface area contributed by atoms with Crippen LogP contribution in [-0.2, 0) is 4.79 Å². The minimum absolute atomic E-state index is 0.163. The number of nitrogens with zero attached hydrogens (tertiary/aromatic N) is 4. The van der Waals surface area contributed by atoms with Crippen molar-refractivity contribution in [2.75, 3.05) is 44.9 Å². The second kappa shape index (κ2) is 10.8. The van der Waals surface area contributed by atoms with Gasteiger partial charge in [0.2, 0.25) is 5.91 Å². The van der Waals surface area contributed by atoms with Gasteiger partial charge in [-0.05, 0) is 58.0 Å². The first-order valence-electron chi connectivity index (χ1n) is 11.1. The molecule has 1 aliphatic heterocycles. The van der Waals surface area contributed by atoms with Crippen LogP contribution in [-0.4, -0.2) is 65.4 Å². The second-order valence-corrected chi connectivity index (χ2v) is 9.37. The van der Waals surface area contributed by atoms with Gasteiger partial charge in [0.1, 0.15) is 11.8 Å². The lowest BCUT2D eigenvalue weighted by molar-refractivity contribution is -0.113. The molecule has 0 bridgehead atoms. The van der Waals surface area contributed by atoms with Gasteiger partial charge < -0.3 is 24.7 Å². The second-order valence-electron chi connectivity index (χ2n) is 8.41. The summed E-state index contributed by atoms with van der Waals surface area (Å²) in [6.07, 6.45) is 3.81. The number of benzene rings is 1. The molecule has 34 heavy (non-hydrogen) atoms. The van der Waals surface area contributed by atoms with Crippen LogP contribution in [0.4, 0.5) is 5.69 Å². The number of carbonyl (C=O) groups is 1. The summed E-state index contributed by atoms with van der Waals surface area (Å²) in [5.74, 6) is 1.80. The van der Waals surface area contributed by atoms with E-state index in [1.165, 1.54) is 11.8 Å². The van der Waals surface area contributed by atoms with Gasteiger partial charge in [0, 0.05) is 17.3 Å². The summed E-state index contributed by atoms with van der Waals surface area (Å²) in [5, 5.41) is 12.6. The van der Waals surface area contributed by atoms with Crippen molar-refractivity contribution in [2.45, 2.75) is 24.9 Å². The molecule has 0 spiro atoms. The van der Waals surface area contributed by atoms with Gasteiger partial charge in [-0.15, -0.1) is 0 Å². The number of anilines is 1. The van der Waals surface area contributed by atoms with E-state index >= 15 is 0 Å². The number of nitrogens with one attached hydrogen (secondary N) is 2. The molecule has 3 aromatic rings. The van der Waals surface area contributed by atoms with Crippen LogP contribution in [0.2, 0.25) is 0 Å². The Kier molecular flexibility index (Phi) is 7.55. The van der Waals surface area contributed by atoms with Gasteiger partial charge in [-0.1, -0.05) is 11.8 Å². The molecule has 1 aromatic carbocycles. The Morgan fingerprint density at radius 3 is 2.88 bits per heavy atom. The van der Waals surface area contributed by atoms with Crippen LogP contribution < -0.4 is 14.8 Å². The van der Waals surface area contributed by atoms with Gasteiger partial charge in [-0.2, -0.15) is 5.26 Å². The first kappa shape index (κ1) is 23.9. The van der Waals surface area contributed by atoms with Gasteiger partial charge in [0.05, 0.1) is 36.7 Å². The van der Waals surface area contributed by atoms with E-state index in [9.17, 15) is 4.79 Å². The van der Waals surface area contributed by atoms with Gasteiger partial charge in [-0.3, -0.25) is 4.79 Å². The third kappa shape index (κ3) is 5.61. The van der Waals surface area contributed by atoms with Crippen LogP contribution in [0.15, 0.2) is 29.6 Å². The van der Waals surface area contributed by atoms with E-state index in [1.807, 2.05) is 6.92 Å². The number of rotatable bonds is 8. The molecule has 2 N–H and O–H groups in total. The average Bonchev–Trinajstić information content (AvgIpc) is 3.27. The summed E-state index contributed by atoms with van der Waals surface area (Å²) in [7, 11) is 3.75. The molecule has 2 aromatic heterocycles.